The standard InChI is InChI=1S/C13H8Cl2O4S.Na.H/c14-9-3-6-12(15)11(7-9)13(16)8-1-4-10(5-2-8)20(17,18)19;;/h1-7H,(H,17,18,19);;/q;+1;-1. The Bertz CT molecular complexity index is 779. The summed E-state index contributed by atoms with van der Waals surface area (Å²) in [5.74, 6) is -0.389. The Morgan fingerprint density at radius 1 is 1.05 bits per heavy atom. The van der Waals surface area contributed by atoms with Crippen LogP contribution in [0.5, 0.6) is 0 Å². The molecule has 0 atom stereocenters. The van der Waals surface area contributed by atoms with Crippen LogP contribution in [0.3, 0.4) is 0 Å². The van der Waals surface area contributed by atoms with E-state index in [1.807, 2.05) is 0 Å². The number of hydrogen-bond donors (Lipinski definition) is 1. The van der Waals surface area contributed by atoms with Crippen LogP contribution in [-0.2, 0) is 10.1 Å². The van der Waals surface area contributed by atoms with Gasteiger partial charge in [0.05, 0.1) is 9.92 Å². The fourth-order valence-electron chi connectivity index (χ4n) is 1.61. The zero-order chi connectivity index (χ0) is 14.9. The van der Waals surface area contributed by atoms with Crippen LogP contribution in [0.15, 0.2) is 47.4 Å². The molecule has 2 aromatic carbocycles. The van der Waals surface area contributed by atoms with Gasteiger partial charge in [-0.05, 0) is 42.5 Å². The van der Waals surface area contributed by atoms with E-state index in [0.29, 0.717) is 5.02 Å². The molecule has 0 aliphatic heterocycles. The Labute approximate surface area is 155 Å². The van der Waals surface area contributed by atoms with Crippen molar-refractivity contribution in [1.29, 1.82) is 0 Å². The number of rotatable bonds is 3. The van der Waals surface area contributed by atoms with Crippen molar-refractivity contribution in [2.45, 2.75) is 4.90 Å². The summed E-state index contributed by atoms with van der Waals surface area (Å²) in [5.41, 5.74) is 0.459. The minimum absolute atomic E-state index is 0. The molecular weight excluding hydrogens is 346 g/mol. The maximum Gasteiger partial charge on any atom is 1.00 e. The van der Waals surface area contributed by atoms with Crippen LogP contribution >= 0.6 is 23.2 Å². The molecule has 0 heterocycles. The SMILES string of the molecule is O=C(c1ccc(S(=O)(=O)O)cc1)c1cc(Cl)ccc1Cl.[H-].[Na+]. The van der Waals surface area contributed by atoms with E-state index in [0.717, 1.165) is 12.1 Å². The van der Waals surface area contributed by atoms with E-state index >= 15 is 0 Å². The largest absolute Gasteiger partial charge is 1.00 e. The maximum absolute atomic E-state index is 12.2. The summed E-state index contributed by atoms with van der Waals surface area (Å²) in [6, 6.07) is 9.36. The van der Waals surface area contributed by atoms with Crippen molar-refractivity contribution >= 4 is 39.1 Å². The second-order valence-electron chi connectivity index (χ2n) is 3.95. The van der Waals surface area contributed by atoms with E-state index < -0.39 is 10.1 Å². The molecule has 0 unspecified atom stereocenters. The Hall–Kier alpha value is -0.400. The molecule has 0 radical (unpaired) electrons. The van der Waals surface area contributed by atoms with Crippen molar-refractivity contribution in [2.75, 3.05) is 0 Å². The average Bonchev–Trinajstić information content (AvgIpc) is 2.40. The maximum atomic E-state index is 12.2. The van der Waals surface area contributed by atoms with Gasteiger partial charge in [0, 0.05) is 16.1 Å². The van der Waals surface area contributed by atoms with Crippen molar-refractivity contribution in [1.82, 2.24) is 0 Å². The number of carbonyl (C=O) groups is 1. The van der Waals surface area contributed by atoms with Gasteiger partial charge in [0.1, 0.15) is 0 Å². The first kappa shape index (κ1) is 18.6. The Balaban J connectivity index is 0.00000220. The van der Waals surface area contributed by atoms with Gasteiger partial charge in [-0.2, -0.15) is 8.42 Å². The van der Waals surface area contributed by atoms with E-state index in [4.69, 9.17) is 27.8 Å². The van der Waals surface area contributed by atoms with E-state index in [-0.39, 0.29) is 57.8 Å². The second-order valence-corrected chi connectivity index (χ2v) is 6.22. The molecule has 2 rings (SSSR count). The number of halogens is 2. The summed E-state index contributed by atoms with van der Waals surface area (Å²) in [6.45, 7) is 0. The van der Waals surface area contributed by atoms with Gasteiger partial charge in [-0.15, -0.1) is 0 Å². The van der Waals surface area contributed by atoms with Crippen LogP contribution in [0.2, 0.25) is 10.0 Å². The molecule has 106 valence electrons. The number of hydrogen-bond acceptors (Lipinski definition) is 3. The molecule has 2 aromatic rings. The summed E-state index contributed by atoms with van der Waals surface area (Å²) in [5, 5.41) is 0.616. The molecule has 1 N–H and O–H groups in total. The van der Waals surface area contributed by atoms with Gasteiger partial charge in [0.15, 0.2) is 5.78 Å². The summed E-state index contributed by atoms with van der Waals surface area (Å²) in [4.78, 5) is 11.9. The second kappa shape index (κ2) is 7.24. The first-order chi connectivity index (χ1) is 9.29. The monoisotopic (exact) mass is 354 g/mol. The molecule has 8 heteroatoms. The van der Waals surface area contributed by atoms with Crippen molar-refractivity contribution in [2.24, 2.45) is 0 Å². The molecule has 0 saturated heterocycles. The van der Waals surface area contributed by atoms with E-state index in [1.54, 1.807) is 6.07 Å². The zero-order valence-electron chi connectivity index (χ0n) is 11.9. The summed E-state index contributed by atoms with van der Waals surface area (Å²) in [7, 11) is -4.28. The van der Waals surface area contributed by atoms with Crippen molar-refractivity contribution in [3.63, 3.8) is 0 Å². The normalized spacial score (nSPS) is 10.8. The zero-order valence-corrected chi connectivity index (χ0v) is 15.2. The van der Waals surface area contributed by atoms with Gasteiger partial charge in [-0.1, -0.05) is 23.2 Å². The molecule has 0 spiro atoms. The van der Waals surface area contributed by atoms with Gasteiger partial charge >= 0.3 is 29.6 Å². The molecule has 0 bridgehead atoms. The molecular formula is C13H9Cl2NaO4S. The van der Waals surface area contributed by atoms with E-state index in [1.165, 1.54) is 24.3 Å². The van der Waals surface area contributed by atoms with Crippen molar-refractivity contribution in [3.8, 4) is 0 Å². The Morgan fingerprint density at radius 2 is 1.62 bits per heavy atom. The summed E-state index contributed by atoms with van der Waals surface area (Å²) >= 11 is 11.7. The molecule has 0 fully saturated rings. The number of carbonyl (C=O) groups excluding carboxylic acids is 1. The average molecular weight is 355 g/mol. The van der Waals surface area contributed by atoms with Gasteiger partial charge < -0.3 is 1.43 Å². The smallest absolute Gasteiger partial charge is 1.00 e. The fraction of sp³-hybridized carbons (Fsp3) is 0. The third-order valence-corrected chi connectivity index (χ3v) is 4.02. The molecule has 4 nitrogen and oxygen atoms in total. The number of ketones is 1. The van der Waals surface area contributed by atoms with Crippen LogP contribution in [-0.4, -0.2) is 18.8 Å². The predicted molar refractivity (Wildman–Crippen MR) is 77.3 cm³/mol. The van der Waals surface area contributed by atoms with Gasteiger partial charge in [0.2, 0.25) is 0 Å². The van der Waals surface area contributed by atoms with Crippen LogP contribution in [0.25, 0.3) is 0 Å². The molecule has 0 aliphatic carbocycles. The first-order valence-corrected chi connectivity index (χ1v) is 7.56. The first-order valence-electron chi connectivity index (χ1n) is 5.36. The third-order valence-electron chi connectivity index (χ3n) is 2.59. The molecule has 21 heavy (non-hydrogen) atoms. The molecule has 0 aliphatic rings. The summed E-state index contributed by atoms with van der Waals surface area (Å²) in [6.07, 6.45) is 0. The van der Waals surface area contributed by atoms with Gasteiger partial charge in [0.25, 0.3) is 10.1 Å². The Kier molecular flexibility index (Phi) is 6.43. The molecule has 0 aromatic heterocycles. The summed E-state index contributed by atoms with van der Waals surface area (Å²) < 4.78 is 30.7. The topological polar surface area (TPSA) is 71.4 Å². The van der Waals surface area contributed by atoms with Crippen LogP contribution in [0, 0.1) is 0 Å². The Morgan fingerprint density at radius 3 is 2.14 bits per heavy atom. The van der Waals surface area contributed by atoms with Crippen LogP contribution < -0.4 is 29.6 Å². The van der Waals surface area contributed by atoms with Crippen LogP contribution in [0.1, 0.15) is 17.3 Å². The van der Waals surface area contributed by atoms with Crippen molar-refractivity contribution in [3.05, 3.63) is 63.6 Å². The van der Waals surface area contributed by atoms with E-state index in [9.17, 15) is 13.2 Å². The van der Waals surface area contributed by atoms with E-state index in [2.05, 4.69) is 0 Å². The molecule has 0 saturated carbocycles. The minimum atomic E-state index is -4.28. The van der Waals surface area contributed by atoms with Crippen molar-refractivity contribution < 1.29 is 48.7 Å². The minimum Gasteiger partial charge on any atom is -1.00 e. The third kappa shape index (κ3) is 4.53. The predicted octanol–water partition coefficient (Wildman–Crippen LogP) is 0.588. The fourth-order valence-corrected chi connectivity index (χ4v) is 2.46. The van der Waals surface area contributed by atoms with Gasteiger partial charge in [-0.25, -0.2) is 0 Å². The molecule has 0 amide bonds. The van der Waals surface area contributed by atoms with Crippen LogP contribution in [0.4, 0.5) is 0 Å². The quantitative estimate of drug-likeness (QED) is 0.497. The van der Waals surface area contributed by atoms with Gasteiger partial charge in [-0.3, -0.25) is 9.35 Å². The number of benzene rings is 2.